The van der Waals surface area contributed by atoms with Gasteiger partial charge in [0.1, 0.15) is 0 Å². The Kier molecular flexibility index (Phi) is 15.2. The van der Waals surface area contributed by atoms with Crippen molar-refractivity contribution in [2.24, 2.45) is 0 Å². The van der Waals surface area contributed by atoms with Crippen LogP contribution >= 0.6 is 0 Å². The number of carboxylic acid groups (broad SMARTS) is 1. The maximum atomic E-state index is 10.2. The van der Waals surface area contributed by atoms with E-state index in [0.717, 1.165) is 12.5 Å². The maximum Gasteiger partial charge on any atom is 0.328 e. The lowest BCUT2D eigenvalue weighted by molar-refractivity contribution is -0.131. The van der Waals surface area contributed by atoms with Gasteiger partial charge in [-0.2, -0.15) is 0 Å². The Hall–Kier alpha value is -1.05. The van der Waals surface area contributed by atoms with E-state index in [2.05, 4.69) is 6.92 Å². The number of rotatable bonds is 14. The molecule has 0 aromatic carbocycles. The first-order chi connectivity index (χ1) is 9.77. The Bertz CT molecular complexity index is 267. The Balaban J connectivity index is 3.11. The van der Waals surface area contributed by atoms with Gasteiger partial charge in [-0.1, -0.05) is 89.4 Å². The van der Waals surface area contributed by atoms with Crippen LogP contribution in [0.15, 0.2) is 24.3 Å². The van der Waals surface area contributed by atoms with Crippen LogP contribution in [0.5, 0.6) is 0 Å². The molecule has 20 heavy (non-hydrogen) atoms. The molecule has 0 heterocycles. The Labute approximate surface area is 125 Å². The van der Waals surface area contributed by atoms with Crippen molar-refractivity contribution in [3.05, 3.63) is 24.3 Å². The molecular formula is C18H32O2. The molecule has 0 saturated carbocycles. The molecule has 0 rings (SSSR count). The molecule has 0 radical (unpaired) electrons. The van der Waals surface area contributed by atoms with Crippen molar-refractivity contribution in [2.45, 2.75) is 84.0 Å². The SMILES string of the molecule is [13CH3][13CH2][13CH2][13CH2][13CH2][13CH2][13CH2][13CH2][13CH2][13CH2][13CH2][13CH2][13CH2][13CH]=[13CH][13CH]=[13CH][13C](=O)O. The number of hydrogen-bond donors (Lipinski definition) is 1. The van der Waals surface area contributed by atoms with Gasteiger partial charge in [0, 0.05) is 6.08 Å². The van der Waals surface area contributed by atoms with Crippen molar-refractivity contribution in [1.82, 2.24) is 0 Å². The monoisotopic (exact) mass is 298 g/mol. The molecule has 0 fully saturated rings. The van der Waals surface area contributed by atoms with E-state index in [1.54, 1.807) is 6.08 Å². The van der Waals surface area contributed by atoms with Gasteiger partial charge in [0.05, 0.1) is 0 Å². The number of aliphatic carboxylic acids is 1. The molecule has 0 aromatic rings. The van der Waals surface area contributed by atoms with Crippen molar-refractivity contribution in [3.8, 4) is 0 Å². The van der Waals surface area contributed by atoms with Crippen LogP contribution in [-0.4, -0.2) is 11.1 Å². The standard InChI is InChI=1S/C18H32O2/c1-2-3-4-5-6-7-8-9-10-11-12-13-14-15-16-17-18(19)20/h14-17H,2-13H2,1H3,(H,19,20)/i1+1,2+1,3+1,4+1,5+1,6+1,7+1,8+1,9+1,10+1,11+1,12+1,13+1,14+1,15+1,16+1,17+1,18+1. The summed E-state index contributed by atoms with van der Waals surface area (Å²) in [6.07, 6.45) is 22.7. The predicted molar refractivity (Wildman–Crippen MR) is 87.0 cm³/mol. The second-order valence-electron chi connectivity index (χ2n) is 5.45. The molecule has 2 nitrogen and oxygen atoms in total. The van der Waals surface area contributed by atoms with E-state index in [4.69, 9.17) is 5.11 Å². The molecule has 0 aliphatic heterocycles. The summed E-state index contributed by atoms with van der Waals surface area (Å²) in [6.45, 7) is 2.26. The van der Waals surface area contributed by atoms with Crippen LogP contribution in [0.3, 0.4) is 0 Å². The largest absolute Gasteiger partial charge is 0.478 e. The summed E-state index contributed by atoms with van der Waals surface area (Å²) >= 11 is 0. The molecule has 0 saturated heterocycles. The van der Waals surface area contributed by atoms with E-state index in [1.807, 2.05) is 12.2 Å². The minimum atomic E-state index is -0.885. The highest BCUT2D eigenvalue weighted by Gasteiger charge is 1.92. The molecule has 0 spiro atoms. The van der Waals surface area contributed by atoms with E-state index in [9.17, 15) is 4.79 Å². The van der Waals surface area contributed by atoms with Crippen LogP contribution in [0.4, 0.5) is 0 Å². The normalized spacial score (nSPS) is 11.7. The zero-order valence-electron chi connectivity index (χ0n) is 13.2. The van der Waals surface area contributed by atoms with Gasteiger partial charge in [-0.3, -0.25) is 0 Å². The number of carbonyl (C=O) groups is 1. The highest BCUT2D eigenvalue weighted by atomic mass is 16.5. The topological polar surface area (TPSA) is 37.3 Å². The molecule has 0 amide bonds. The van der Waals surface area contributed by atoms with Gasteiger partial charge in [-0.15, -0.1) is 0 Å². The molecule has 0 aromatic heterocycles. The van der Waals surface area contributed by atoms with Gasteiger partial charge in [0.25, 0.3) is 0 Å². The summed E-state index contributed by atoms with van der Waals surface area (Å²) in [6, 6.07) is 0. The first-order valence-electron chi connectivity index (χ1n) is 8.33. The summed E-state index contributed by atoms with van der Waals surface area (Å²) in [7, 11) is 0. The summed E-state index contributed by atoms with van der Waals surface area (Å²) < 4.78 is 0. The van der Waals surface area contributed by atoms with Crippen molar-refractivity contribution in [3.63, 3.8) is 0 Å². The van der Waals surface area contributed by atoms with E-state index >= 15 is 0 Å². The smallest absolute Gasteiger partial charge is 0.328 e. The number of hydrogen-bond acceptors (Lipinski definition) is 1. The van der Waals surface area contributed by atoms with Gasteiger partial charge in [0.2, 0.25) is 0 Å². The minimum absolute atomic E-state index is 0.885. The molecule has 0 bridgehead atoms. The first-order valence-corrected chi connectivity index (χ1v) is 8.33. The molecule has 0 aliphatic rings. The molecule has 2 heteroatoms. The predicted octanol–water partition coefficient (Wildman–Crippen LogP) is 5.88. The molecule has 0 unspecified atom stereocenters. The molecule has 116 valence electrons. The fourth-order valence-electron chi connectivity index (χ4n) is 2.24. The second-order valence-corrected chi connectivity index (χ2v) is 5.45. The Morgan fingerprint density at radius 2 is 1.30 bits per heavy atom. The maximum absolute atomic E-state index is 10.2. The van der Waals surface area contributed by atoms with E-state index < -0.39 is 5.97 Å². The summed E-state index contributed by atoms with van der Waals surface area (Å²) in [5.74, 6) is -0.885. The van der Waals surface area contributed by atoms with Crippen LogP contribution < -0.4 is 0 Å². The van der Waals surface area contributed by atoms with Crippen molar-refractivity contribution in [2.75, 3.05) is 0 Å². The number of unbranched alkanes of at least 4 members (excludes halogenated alkanes) is 11. The van der Waals surface area contributed by atoms with Gasteiger partial charge in [-0.05, 0) is 12.8 Å². The van der Waals surface area contributed by atoms with E-state index in [1.165, 1.54) is 70.6 Å². The fraction of sp³-hybridized carbons (Fsp3) is 0.722. The minimum Gasteiger partial charge on any atom is -0.478 e. The number of allylic oxidation sites excluding steroid dienone is 3. The Morgan fingerprint density at radius 1 is 0.800 bits per heavy atom. The lowest BCUT2D eigenvalue weighted by Crippen LogP contribution is -1.84. The zero-order valence-corrected chi connectivity index (χ0v) is 13.2. The average molecular weight is 298 g/mol. The zero-order chi connectivity index (χ0) is 14.9. The third kappa shape index (κ3) is 16.9. The van der Waals surface area contributed by atoms with Crippen LogP contribution in [0, 0.1) is 0 Å². The van der Waals surface area contributed by atoms with Gasteiger partial charge in [-0.25, -0.2) is 4.79 Å². The Morgan fingerprint density at radius 3 is 1.80 bits per heavy atom. The summed E-state index contributed by atoms with van der Waals surface area (Å²) in [5.41, 5.74) is 0. The van der Waals surface area contributed by atoms with Gasteiger partial charge >= 0.3 is 5.97 Å². The third-order valence-electron chi connectivity index (χ3n) is 3.46. The van der Waals surface area contributed by atoms with Crippen molar-refractivity contribution >= 4 is 5.97 Å². The highest BCUT2D eigenvalue weighted by molar-refractivity contribution is 5.80. The van der Waals surface area contributed by atoms with Crippen molar-refractivity contribution < 1.29 is 9.90 Å². The lowest BCUT2D eigenvalue weighted by Gasteiger charge is -2.01. The number of carboxylic acids is 1. The lowest BCUT2D eigenvalue weighted by atomic mass is 11.0. The summed E-state index contributed by atoms with van der Waals surface area (Å²) in [4.78, 5) is 10.2. The molecule has 0 atom stereocenters. The molecule has 1 N–H and O–H groups in total. The summed E-state index contributed by atoms with van der Waals surface area (Å²) in [5, 5.41) is 8.40. The van der Waals surface area contributed by atoms with Crippen LogP contribution in [0.2, 0.25) is 0 Å². The molecular weight excluding hydrogens is 266 g/mol. The van der Waals surface area contributed by atoms with Crippen LogP contribution in [0.25, 0.3) is 0 Å². The molecule has 0 aliphatic carbocycles. The fourth-order valence-corrected chi connectivity index (χ4v) is 2.24. The first kappa shape index (κ1) is 18.9. The van der Waals surface area contributed by atoms with E-state index in [-0.39, 0.29) is 0 Å². The van der Waals surface area contributed by atoms with Crippen LogP contribution in [0.1, 0.15) is 84.0 Å². The third-order valence-corrected chi connectivity index (χ3v) is 3.46. The highest BCUT2D eigenvalue weighted by Crippen LogP contribution is 2.11. The quantitative estimate of drug-likeness (QED) is 0.188. The van der Waals surface area contributed by atoms with Crippen LogP contribution in [-0.2, 0) is 4.79 Å². The van der Waals surface area contributed by atoms with Gasteiger partial charge < -0.3 is 5.11 Å². The van der Waals surface area contributed by atoms with E-state index in [0.29, 0.717) is 0 Å². The van der Waals surface area contributed by atoms with Crippen molar-refractivity contribution in [1.29, 1.82) is 0 Å². The second kappa shape index (κ2) is 16.0. The van der Waals surface area contributed by atoms with Gasteiger partial charge in [0.15, 0.2) is 0 Å². The average Bonchev–Trinajstić information content (AvgIpc) is 2.43.